The summed E-state index contributed by atoms with van der Waals surface area (Å²) in [5.74, 6) is 0. The number of hydrogen-bond donors (Lipinski definition) is 0. The number of nitrogens with zero attached hydrogens (tertiary/aromatic N) is 4. The highest BCUT2D eigenvalue weighted by Crippen LogP contribution is 2.57. The molecule has 4 aromatic heterocycles. The fourth-order valence-electron chi connectivity index (χ4n) is 10.7. The van der Waals surface area contributed by atoms with Crippen LogP contribution < -0.4 is 0 Å². The highest BCUT2D eigenvalue weighted by Gasteiger charge is 2.53. The van der Waals surface area contributed by atoms with Crippen LogP contribution in [0.1, 0.15) is 57.3 Å². The quantitative estimate of drug-likeness (QED) is 0.122. The molecule has 0 bridgehead atoms. The van der Waals surface area contributed by atoms with E-state index in [0.717, 1.165) is 12.8 Å². The van der Waals surface area contributed by atoms with Crippen LogP contribution in [0.2, 0.25) is 13.1 Å². The van der Waals surface area contributed by atoms with Gasteiger partial charge in [-0.1, -0.05) is 134 Å². The van der Waals surface area contributed by atoms with Crippen LogP contribution in [-0.2, 0) is 10.1 Å². The molecule has 6 heterocycles. The molecular weight excluding hydrogens is 785 g/mol. The molecule has 0 N–H and O–H groups in total. The Balaban J connectivity index is 1.33. The van der Waals surface area contributed by atoms with Crippen LogP contribution in [0.3, 0.4) is 0 Å². The molecule has 0 saturated carbocycles. The summed E-state index contributed by atoms with van der Waals surface area (Å²) in [4.78, 5) is 18.3. The van der Waals surface area contributed by atoms with Crippen molar-refractivity contribution in [3.8, 4) is 0 Å². The predicted octanol–water partition coefficient (Wildman–Crippen LogP) is 11.4. The molecule has 8 aromatic rings. The predicted molar refractivity (Wildman–Crippen MR) is 260 cm³/mol. The van der Waals surface area contributed by atoms with Crippen molar-refractivity contribution < 1.29 is 0 Å². The Morgan fingerprint density at radius 3 is 0.903 bits per heavy atom. The average molecular weight is 831 g/mol. The van der Waals surface area contributed by atoms with Crippen molar-refractivity contribution in [3.63, 3.8) is 0 Å². The fourth-order valence-corrected chi connectivity index (χ4v) is 17.5. The largest absolute Gasteiger partial charge is 0.265 e. The third-order valence-electron chi connectivity index (χ3n) is 13.3. The van der Waals surface area contributed by atoms with E-state index in [0.29, 0.717) is 0 Å². The van der Waals surface area contributed by atoms with Gasteiger partial charge in [0.2, 0.25) is 0 Å². The first-order valence-corrected chi connectivity index (χ1v) is 25.4. The first-order chi connectivity index (χ1) is 30.6. The molecule has 10 rings (SSSR count). The van der Waals surface area contributed by atoms with E-state index in [1.165, 1.54) is 77.1 Å². The van der Waals surface area contributed by atoms with Crippen molar-refractivity contribution in [1.82, 2.24) is 19.9 Å². The van der Waals surface area contributed by atoms with Crippen LogP contribution in [0, 0.1) is 0 Å². The minimum Gasteiger partial charge on any atom is -0.265 e. The molecule has 2 unspecified atom stereocenters. The maximum absolute atomic E-state index is 4.64. The van der Waals surface area contributed by atoms with Gasteiger partial charge < -0.3 is 0 Å². The van der Waals surface area contributed by atoms with E-state index in [1.54, 1.807) is 0 Å². The van der Waals surface area contributed by atoms with Crippen molar-refractivity contribution >= 4 is 49.4 Å². The lowest BCUT2D eigenvalue weighted by Crippen LogP contribution is -2.43. The van der Waals surface area contributed by atoms with Gasteiger partial charge in [0.1, 0.15) is 0 Å². The Hall–Kier alpha value is -6.87. The number of pyridine rings is 4. The second kappa shape index (κ2) is 16.9. The molecule has 298 valence electrons. The molecule has 0 fully saturated rings. The monoisotopic (exact) mass is 830 g/mol. The summed E-state index contributed by atoms with van der Waals surface area (Å²) >= 11 is 0. The standard InChI is InChI=1S/C56H46N4Si2/c1-61-53(45-23-33-57-34-24-45)49(41-15-7-3-8-16-41)51(43-19-11-5-12-20-43)55(61,47-27-37-59-38-28-47)31-32-56(48-29-39-60-40-30-48)52(44-21-13-6-14-22-44)50(42-17-9-4-10-18-42)54(62(56)2)46-25-35-58-36-26-46/h3-30,33-40H,31-32H2,1-2H3. The molecule has 0 spiro atoms. The van der Waals surface area contributed by atoms with Crippen molar-refractivity contribution in [2.24, 2.45) is 0 Å². The summed E-state index contributed by atoms with van der Waals surface area (Å²) in [6.07, 6.45) is 17.6. The van der Waals surface area contributed by atoms with Crippen LogP contribution in [0.15, 0.2) is 219 Å². The number of rotatable bonds is 11. The summed E-state index contributed by atoms with van der Waals surface area (Å²) in [6.45, 7) is 5.15. The lowest BCUT2D eigenvalue weighted by atomic mass is 9.73. The molecule has 0 aliphatic carbocycles. The summed E-state index contributed by atoms with van der Waals surface area (Å²) in [5.41, 5.74) is 15.6. The van der Waals surface area contributed by atoms with E-state index < -0.39 is 16.8 Å². The SMILES string of the molecule is C[Si]1=C(c2ccncc2)C(c2ccccc2)=C(c2ccccc2)C1(CCC1(c2ccncc2)C(c2ccccc2)=C(c2ccccc2)C(c2ccncc2)=[Si]1C)c1ccncc1. The second-order valence-corrected chi connectivity index (χ2v) is 21.4. The van der Waals surface area contributed by atoms with E-state index in [1.807, 2.05) is 49.6 Å². The van der Waals surface area contributed by atoms with Gasteiger partial charge in [-0.3, -0.25) is 19.9 Å². The lowest BCUT2D eigenvalue weighted by Gasteiger charge is -2.42. The minimum atomic E-state index is -1.46. The molecule has 0 radical (unpaired) electrons. The zero-order valence-electron chi connectivity index (χ0n) is 35.0. The van der Waals surface area contributed by atoms with Gasteiger partial charge in [0, 0.05) is 76.5 Å². The van der Waals surface area contributed by atoms with Gasteiger partial charge in [-0.25, -0.2) is 0 Å². The molecule has 2 aliphatic heterocycles. The van der Waals surface area contributed by atoms with Crippen molar-refractivity contribution in [1.29, 1.82) is 0 Å². The average Bonchev–Trinajstić information content (AvgIpc) is 3.78. The topological polar surface area (TPSA) is 51.6 Å². The number of benzene rings is 4. The number of allylic oxidation sites excluding steroid dienone is 4. The van der Waals surface area contributed by atoms with Gasteiger partial charge >= 0.3 is 0 Å². The molecule has 4 aromatic carbocycles. The summed E-state index contributed by atoms with van der Waals surface area (Å²) < 4.78 is 0. The molecule has 4 nitrogen and oxygen atoms in total. The Labute approximate surface area is 367 Å². The smallest absolute Gasteiger partial charge is 0.0343 e. The van der Waals surface area contributed by atoms with E-state index in [4.69, 9.17) is 0 Å². The van der Waals surface area contributed by atoms with Gasteiger partial charge in [-0.2, -0.15) is 0 Å². The van der Waals surface area contributed by atoms with Crippen LogP contribution in [0.4, 0.5) is 0 Å². The highest BCUT2D eigenvalue weighted by molar-refractivity contribution is 6.89. The minimum absolute atomic E-state index is 0.366. The Morgan fingerprint density at radius 1 is 0.323 bits per heavy atom. The first kappa shape index (κ1) is 39.3. The molecule has 2 aliphatic rings. The van der Waals surface area contributed by atoms with Crippen LogP contribution in [0.25, 0.3) is 22.3 Å². The molecule has 6 heteroatoms. The van der Waals surface area contributed by atoms with Crippen molar-refractivity contribution in [2.75, 3.05) is 0 Å². The maximum atomic E-state index is 4.64. The number of hydrogen-bond acceptors (Lipinski definition) is 4. The molecule has 0 amide bonds. The lowest BCUT2D eigenvalue weighted by molar-refractivity contribution is 0.566. The highest BCUT2D eigenvalue weighted by atomic mass is 28.2. The van der Waals surface area contributed by atoms with Gasteiger partial charge in [0.15, 0.2) is 0 Å². The summed E-state index contributed by atoms with van der Waals surface area (Å²) in [7, 11) is -2.92. The zero-order chi connectivity index (χ0) is 41.9. The van der Waals surface area contributed by atoms with Gasteiger partial charge in [-0.05, 0) is 139 Å². The van der Waals surface area contributed by atoms with Crippen LogP contribution in [-0.4, -0.2) is 47.1 Å². The van der Waals surface area contributed by atoms with E-state index in [2.05, 4.69) is 203 Å². The first-order valence-electron chi connectivity index (χ1n) is 21.4. The second-order valence-electron chi connectivity index (χ2n) is 16.2. The number of aromatic nitrogens is 4. The molecular formula is C56H46N4Si2. The zero-order valence-corrected chi connectivity index (χ0v) is 37.0. The third-order valence-corrected chi connectivity index (χ3v) is 20.0. The maximum Gasteiger partial charge on any atom is 0.0343 e. The normalized spacial score (nSPS) is 18.8. The fraction of sp³-hybridized carbons (Fsp3) is 0.107. The Bertz CT molecular complexity index is 2770. The van der Waals surface area contributed by atoms with Gasteiger partial charge in [0.25, 0.3) is 0 Å². The van der Waals surface area contributed by atoms with E-state index in [9.17, 15) is 0 Å². The van der Waals surface area contributed by atoms with Gasteiger partial charge in [-0.15, -0.1) is 0 Å². The molecule has 2 atom stereocenters. The third kappa shape index (κ3) is 6.58. The summed E-state index contributed by atoms with van der Waals surface area (Å²) in [6, 6.07) is 62.7. The summed E-state index contributed by atoms with van der Waals surface area (Å²) in [5, 5.41) is 2.15. The Kier molecular flexibility index (Phi) is 10.7. The van der Waals surface area contributed by atoms with Crippen molar-refractivity contribution in [2.45, 2.75) is 36.0 Å². The van der Waals surface area contributed by atoms with Crippen molar-refractivity contribution in [3.05, 3.63) is 264 Å². The van der Waals surface area contributed by atoms with E-state index in [-0.39, 0.29) is 10.1 Å². The Morgan fingerprint density at radius 2 is 0.597 bits per heavy atom. The van der Waals surface area contributed by atoms with Crippen LogP contribution >= 0.6 is 0 Å². The van der Waals surface area contributed by atoms with E-state index >= 15 is 0 Å². The molecule has 0 saturated heterocycles. The van der Waals surface area contributed by atoms with Gasteiger partial charge in [0.05, 0.1) is 0 Å². The van der Waals surface area contributed by atoms with Crippen LogP contribution in [0.5, 0.6) is 0 Å². The molecule has 62 heavy (non-hydrogen) atoms.